The summed E-state index contributed by atoms with van der Waals surface area (Å²) < 4.78 is 0. The molecule has 0 spiro atoms. The maximum atomic E-state index is 12.7. The number of carbonyl (C=O) groups is 3. The predicted molar refractivity (Wildman–Crippen MR) is 119 cm³/mol. The fourth-order valence-corrected chi connectivity index (χ4v) is 3.07. The van der Waals surface area contributed by atoms with Gasteiger partial charge in [0.1, 0.15) is 11.5 Å². The van der Waals surface area contributed by atoms with Gasteiger partial charge < -0.3 is 26.6 Å². The lowest BCUT2D eigenvalue weighted by Crippen LogP contribution is -2.49. The highest BCUT2D eigenvalue weighted by Crippen LogP contribution is 2.11. The summed E-state index contributed by atoms with van der Waals surface area (Å²) in [5.41, 5.74) is 6.85. The molecule has 31 heavy (non-hydrogen) atoms. The van der Waals surface area contributed by atoms with E-state index in [2.05, 4.69) is 16.0 Å². The minimum Gasteiger partial charge on any atom is -0.508 e. The quantitative estimate of drug-likeness (QED) is 0.174. The third-order valence-corrected chi connectivity index (χ3v) is 5.08. The third kappa shape index (κ3) is 10.6. The molecule has 0 aliphatic rings. The Morgan fingerprint density at radius 1 is 1.00 bits per heavy atom. The molecule has 0 aliphatic carbocycles. The number of aliphatic hydroxyl groups is 1. The number of ketones is 3. The summed E-state index contributed by atoms with van der Waals surface area (Å²) in [6.07, 6.45) is 2.55. The van der Waals surface area contributed by atoms with E-state index < -0.39 is 18.1 Å². The summed E-state index contributed by atoms with van der Waals surface area (Å²) in [6.45, 7) is 1.67. The lowest BCUT2D eigenvalue weighted by Gasteiger charge is -2.20. The van der Waals surface area contributed by atoms with Gasteiger partial charge >= 0.3 is 0 Å². The molecule has 174 valence electrons. The number of hydrogen-bond acceptors (Lipinski definition) is 9. The minimum atomic E-state index is -0.783. The first-order chi connectivity index (χ1) is 14.8. The Balaban J connectivity index is 2.61. The molecule has 1 aromatic carbocycles. The van der Waals surface area contributed by atoms with Crippen LogP contribution in [0.3, 0.4) is 0 Å². The Morgan fingerprint density at radius 3 is 2.19 bits per heavy atom. The first-order valence-electron chi connectivity index (χ1n) is 10.6. The van der Waals surface area contributed by atoms with Crippen molar-refractivity contribution in [2.45, 2.75) is 50.7 Å². The Bertz CT molecular complexity index is 696. The van der Waals surface area contributed by atoms with Gasteiger partial charge in [0.25, 0.3) is 0 Å². The van der Waals surface area contributed by atoms with Crippen molar-refractivity contribution in [1.29, 1.82) is 0 Å². The fraction of sp³-hybridized carbons (Fsp3) is 0.591. The van der Waals surface area contributed by atoms with Crippen LogP contribution in [0.1, 0.15) is 31.7 Å². The van der Waals surface area contributed by atoms with Crippen LogP contribution in [0.2, 0.25) is 0 Å². The SMILES string of the molecule is CNCCCC[C@H](NCC(=O)[C@@H](N)Cc1ccc(O)cc1)C(=O)CN[C@@H](CO)C(C)=O. The summed E-state index contributed by atoms with van der Waals surface area (Å²) >= 11 is 0. The number of unbranched alkanes of at least 4 members (excludes halogenated alkanes) is 1. The number of carbonyl (C=O) groups excluding carboxylic acids is 3. The molecule has 0 saturated heterocycles. The van der Waals surface area contributed by atoms with Gasteiger partial charge in [0.05, 0.1) is 37.8 Å². The maximum Gasteiger partial charge on any atom is 0.163 e. The fourth-order valence-electron chi connectivity index (χ4n) is 3.07. The molecule has 0 aliphatic heterocycles. The standard InChI is InChI=1S/C22H36N4O5/c1-15(28)20(14-27)26-13-22(31)19(5-3-4-10-24-2)25-12-21(30)18(23)11-16-6-8-17(29)9-7-16/h6-9,18-20,24-27,29H,3-5,10-14,23H2,1-2H3/t18-,19-,20-/m0/s1. The first-order valence-corrected chi connectivity index (χ1v) is 10.6. The molecule has 1 rings (SSSR count). The maximum absolute atomic E-state index is 12.7. The van der Waals surface area contributed by atoms with Crippen molar-refractivity contribution in [2.75, 3.05) is 33.3 Å². The second kappa shape index (κ2) is 14.8. The smallest absolute Gasteiger partial charge is 0.163 e. The van der Waals surface area contributed by atoms with Gasteiger partial charge in [-0.1, -0.05) is 18.6 Å². The molecule has 0 saturated carbocycles. The van der Waals surface area contributed by atoms with E-state index in [1.807, 2.05) is 7.05 Å². The molecule has 1 aromatic rings. The molecule has 0 unspecified atom stereocenters. The molecule has 0 fully saturated rings. The summed E-state index contributed by atoms with van der Waals surface area (Å²) in [4.78, 5) is 36.6. The van der Waals surface area contributed by atoms with Crippen molar-refractivity contribution in [2.24, 2.45) is 5.73 Å². The molecular formula is C22H36N4O5. The molecule has 0 radical (unpaired) electrons. The second-order valence-electron chi connectivity index (χ2n) is 7.67. The summed E-state index contributed by atoms with van der Waals surface area (Å²) in [5, 5.41) is 27.4. The normalized spacial score (nSPS) is 14.1. The monoisotopic (exact) mass is 436 g/mol. The average molecular weight is 437 g/mol. The van der Waals surface area contributed by atoms with Crippen molar-refractivity contribution in [1.82, 2.24) is 16.0 Å². The van der Waals surface area contributed by atoms with Gasteiger partial charge in [-0.15, -0.1) is 0 Å². The minimum absolute atomic E-state index is 0.0438. The van der Waals surface area contributed by atoms with Gasteiger partial charge in [-0.3, -0.25) is 19.7 Å². The average Bonchev–Trinajstić information content (AvgIpc) is 2.74. The highest BCUT2D eigenvalue weighted by atomic mass is 16.3. The Labute approximate surface area is 183 Å². The van der Waals surface area contributed by atoms with Gasteiger partial charge in [-0.25, -0.2) is 0 Å². The third-order valence-electron chi connectivity index (χ3n) is 5.08. The summed E-state index contributed by atoms with van der Waals surface area (Å²) in [7, 11) is 1.86. The van der Waals surface area contributed by atoms with Gasteiger partial charge in [-0.05, 0) is 57.5 Å². The molecule has 9 heteroatoms. The lowest BCUT2D eigenvalue weighted by atomic mass is 10.0. The van der Waals surface area contributed by atoms with E-state index in [1.165, 1.54) is 6.92 Å². The molecule has 0 amide bonds. The lowest BCUT2D eigenvalue weighted by molar-refractivity contribution is -0.122. The summed E-state index contributed by atoms with van der Waals surface area (Å²) in [5.74, 6) is -0.494. The van der Waals surface area contributed by atoms with Crippen molar-refractivity contribution in [3.05, 3.63) is 29.8 Å². The number of rotatable bonds is 17. The van der Waals surface area contributed by atoms with E-state index in [-0.39, 0.29) is 42.8 Å². The summed E-state index contributed by atoms with van der Waals surface area (Å²) in [6, 6.07) is 4.43. The van der Waals surface area contributed by atoms with Crippen molar-refractivity contribution < 1.29 is 24.6 Å². The molecule has 0 heterocycles. The van der Waals surface area contributed by atoms with Crippen LogP contribution in [-0.4, -0.2) is 79.0 Å². The number of aliphatic hydroxyl groups excluding tert-OH is 1. The van der Waals surface area contributed by atoms with Gasteiger partial charge in [0.15, 0.2) is 11.6 Å². The van der Waals surface area contributed by atoms with Crippen LogP contribution >= 0.6 is 0 Å². The molecular weight excluding hydrogens is 400 g/mol. The molecule has 3 atom stereocenters. The van der Waals surface area contributed by atoms with E-state index in [0.717, 1.165) is 24.9 Å². The Morgan fingerprint density at radius 2 is 1.61 bits per heavy atom. The second-order valence-corrected chi connectivity index (χ2v) is 7.67. The zero-order valence-electron chi connectivity index (χ0n) is 18.4. The predicted octanol–water partition coefficient (Wildman–Crippen LogP) is -0.712. The number of phenols is 1. The van der Waals surface area contributed by atoms with Crippen LogP contribution in [0.4, 0.5) is 0 Å². The van der Waals surface area contributed by atoms with E-state index in [1.54, 1.807) is 24.3 Å². The van der Waals surface area contributed by atoms with Gasteiger partial charge in [0, 0.05) is 0 Å². The zero-order valence-corrected chi connectivity index (χ0v) is 18.4. The van der Waals surface area contributed by atoms with Crippen molar-refractivity contribution in [3.63, 3.8) is 0 Å². The highest BCUT2D eigenvalue weighted by Gasteiger charge is 2.22. The number of phenolic OH excluding ortho intramolecular Hbond substituents is 1. The number of nitrogens with one attached hydrogen (secondary N) is 3. The number of Topliss-reactive ketones (excluding diaryl/α,β-unsaturated/α-hetero) is 3. The Hall–Kier alpha value is -2.17. The van der Waals surface area contributed by atoms with E-state index in [9.17, 15) is 24.6 Å². The van der Waals surface area contributed by atoms with Crippen LogP contribution in [0.5, 0.6) is 5.75 Å². The van der Waals surface area contributed by atoms with Crippen LogP contribution in [-0.2, 0) is 20.8 Å². The highest BCUT2D eigenvalue weighted by molar-refractivity contribution is 5.89. The molecule has 0 bridgehead atoms. The van der Waals surface area contributed by atoms with Gasteiger partial charge in [-0.2, -0.15) is 0 Å². The van der Waals surface area contributed by atoms with E-state index in [4.69, 9.17) is 5.73 Å². The number of hydrogen-bond donors (Lipinski definition) is 6. The van der Waals surface area contributed by atoms with Crippen LogP contribution < -0.4 is 21.7 Å². The number of aromatic hydroxyl groups is 1. The van der Waals surface area contributed by atoms with Crippen LogP contribution in [0.25, 0.3) is 0 Å². The van der Waals surface area contributed by atoms with E-state index >= 15 is 0 Å². The first kappa shape index (κ1) is 26.9. The molecule has 0 aromatic heterocycles. The number of benzene rings is 1. The Kier molecular flexibility index (Phi) is 12.8. The molecule has 9 nitrogen and oxygen atoms in total. The van der Waals surface area contributed by atoms with Gasteiger partial charge in [0.2, 0.25) is 0 Å². The van der Waals surface area contributed by atoms with E-state index in [0.29, 0.717) is 12.8 Å². The van der Waals surface area contributed by atoms with Crippen molar-refractivity contribution >= 4 is 17.3 Å². The number of nitrogens with two attached hydrogens (primary N) is 1. The largest absolute Gasteiger partial charge is 0.508 e. The van der Waals surface area contributed by atoms with Crippen molar-refractivity contribution in [3.8, 4) is 5.75 Å². The van der Waals surface area contributed by atoms with Crippen LogP contribution in [0.15, 0.2) is 24.3 Å². The zero-order chi connectivity index (χ0) is 23.2. The topological polar surface area (TPSA) is 154 Å². The molecule has 7 N–H and O–H groups in total. The van der Waals surface area contributed by atoms with Crippen LogP contribution in [0, 0.1) is 0 Å².